The van der Waals surface area contributed by atoms with Gasteiger partial charge in [0.05, 0.1) is 12.8 Å². The SMILES string of the molecule is COc1ccc(-c2cc3c(=O)n(CC(=O)N4CCCc5ccccc54)ccn3n2)cc1. The molecule has 0 atom stereocenters. The summed E-state index contributed by atoms with van der Waals surface area (Å²) in [5.41, 5.74) is 3.88. The van der Waals surface area contributed by atoms with Crippen molar-refractivity contribution >= 4 is 17.1 Å². The molecule has 7 heteroatoms. The van der Waals surface area contributed by atoms with E-state index >= 15 is 0 Å². The minimum Gasteiger partial charge on any atom is -0.497 e. The van der Waals surface area contributed by atoms with Crippen LogP contribution in [0.5, 0.6) is 5.75 Å². The monoisotopic (exact) mass is 414 g/mol. The molecule has 156 valence electrons. The lowest BCUT2D eigenvalue weighted by atomic mass is 10.0. The minimum atomic E-state index is -0.242. The lowest BCUT2D eigenvalue weighted by molar-refractivity contribution is -0.119. The second kappa shape index (κ2) is 7.75. The summed E-state index contributed by atoms with van der Waals surface area (Å²) in [7, 11) is 1.62. The number of para-hydroxylation sites is 1. The molecule has 0 bridgehead atoms. The topological polar surface area (TPSA) is 68.8 Å². The van der Waals surface area contributed by atoms with Crippen LogP contribution in [0, 0.1) is 0 Å². The number of anilines is 1. The zero-order valence-corrected chi connectivity index (χ0v) is 17.2. The summed E-state index contributed by atoms with van der Waals surface area (Å²) in [4.78, 5) is 27.9. The van der Waals surface area contributed by atoms with Gasteiger partial charge in [0.15, 0.2) is 0 Å². The molecule has 4 aromatic rings. The van der Waals surface area contributed by atoms with E-state index in [-0.39, 0.29) is 18.0 Å². The van der Waals surface area contributed by atoms with E-state index in [0.29, 0.717) is 17.8 Å². The van der Waals surface area contributed by atoms with Gasteiger partial charge in [0.2, 0.25) is 5.91 Å². The van der Waals surface area contributed by atoms with E-state index in [9.17, 15) is 9.59 Å². The molecule has 3 heterocycles. The molecule has 0 saturated carbocycles. The van der Waals surface area contributed by atoms with Gasteiger partial charge in [-0.2, -0.15) is 5.10 Å². The van der Waals surface area contributed by atoms with Gasteiger partial charge < -0.3 is 14.2 Å². The summed E-state index contributed by atoms with van der Waals surface area (Å²) in [6.45, 7) is 0.661. The molecular formula is C24H22N4O3. The maximum absolute atomic E-state index is 13.0. The first-order valence-corrected chi connectivity index (χ1v) is 10.3. The van der Waals surface area contributed by atoms with Crippen molar-refractivity contribution in [2.24, 2.45) is 0 Å². The third-order valence-electron chi connectivity index (χ3n) is 5.71. The van der Waals surface area contributed by atoms with Crippen LogP contribution in [0.3, 0.4) is 0 Å². The molecule has 0 unspecified atom stereocenters. The van der Waals surface area contributed by atoms with E-state index in [1.165, 1.54) is 10.1 Å². The number of hydrogen-bond acceptors (Lipinski definition) is 4. The van der Waals surface area contributed by atoms with Gasteiger partial charge in [-0.1, -0.05) is 18.2 Å². The van der Waals surface area contributed by atoms with E-state index in [1.54, 1.807) is 35.0 Å². The minimum absolute atomic E-state index is 0.00723. The molecule has 2 aromatic heterocycles. The zero-order chi connectivity index (χ0) is 21.4. The Bertz CT molecular complexity index is 1320. The second-order valence-electron chi connectivity index (χ2n) is 7.60. The van der Waals surface area contributed by atoms with E-state index in [0.717, 1.165) is 29.8 Å². The Morgan fingerprint density at radius 2 is 1.90 bits per heavy atom. The summed E-state index contributed by atoms with van der Waals surface area (Å²) < 4.78 is 8.20. The molecule has 5 rings (SSSR count). The molecule has 2 aromatic carbocycles. The molecule has 31 heavy (non-hydrogen) atoms. The van der Waals surface area contributed by atoms with Gasteiger partial charge in [0, 0.05) is 30.2 Å². The average Bonchev–Trinajstić information content (AvgIpc) is 3.26. The van der Waals surface area contributed by atoms with Gasteiger partial charge in [0.25, 0.3) is 5.56 Å². The molecule has 7 nitrogen and oxygen atoms in total. The van der Waals surface area contributed by atoms with E-state index in [2.05, 4.69) is 11.2 Å². The largest absolute Gasteiger partial charge is 0.497 e. The van der Waals surface area contributed by atoms with Gasteiger partial charge in [-0.15, -0.1) is 0 Å². The molecular weight excluding hydrogens is 392 g/mol. The van der Waals surface area contributed by atoms with E-state index in [1.807, 2.05) is 42.5 Å². The maximum Gasteiger partial charge on any atom is 0.277 e. The predicted molar refractivity (Wildman–Crippen MR) is 119 cm³/mol. The first-order valence-electron chi connectivity index (χ1n) is 10.3. The summed E-state index contributed by atoms with van der Waals surface area (Å²) in [5, 5.41) is 4.51. The van der Waals surface area contributed by atoms with Crippen LogP contribution in [-0.4, -0.2) is 33.7 Å². The summed E-state index contributed by atoms with van der Waals surface area (Å²) >= 11 is 0. The highest BCUT2D eigenvalue weighted by Gasteiger charge is 2.22. The number of hydrogen-bond donors (Lipinski definition) is 0. The molecule has 1 aliphatic rings. The van der Waals surface area contributed by atoms with Gasteiger partial charge in [0.1, 0.15) is 17.8 Å². The van der Waals surface area contributed by atoms with Gasteiger partial charge >= 0.3 is 0 Å². The van der Waals surface area contributed by atoms with E-state index in [4.69, 9.17) is 4.74 Å². The van der Waals surface area contributed by atoms with Crippen LogP contribution in [0.4, 0.5) is 5.69 Å². The van der Waals surface area contributed by atoms with Gasteiger partial charge in [-0.05, 0) is 54.8 Å². The summed E-state index contributed by atoms with van der Waals surface area (Å²) in [6.07, 6.45) is 5.22. The number of nitrogens with zero attached hydrogens (tertiary/aromatic N) is 4. The third-order valence-corrected chi connectivity index (χ3v) is 5.71. The van der Waals surface area contributed by atoms with Crippen molar-refractivity contribution < 1.29 is 9.53 Å². The van der Waals surface area contributed by atoms with Crippen molar-refractivity contribution in [3.8, 4) is 17.0 Å². The number of amides is 1. The van der Waals surface area contributed by atoms with Crippen molar-refractivity contribution in [1.82, 2.24) is 14.2 Å². The normalized spacial score (nSPS) is 13.3. The number of carbonyl (C=O) groups excluding carboxylic acids is 1. The lowest BCUT2D eigenvalue weighted by Gasteiger charge is -2.29. The molecule has 0 fully saturated rings. The predicted octanol–water partition coefficient (Wildman–Crippen LogP) is 3.15. The Balaban J connectivity index is 1.44. The molecule has 0 spiro atoms. The Kier molecular flexibility index (Phi) is 4.78. The van der Waals surface area contributed by atoms with Crippen LogP contribution >= 0.6 is 0 Å². The molecule has 1 aliphatic heterocycles. The van der Waals surface area contributed by atoms with Gasteiger partial charge in [-0.25, -0.2) is 4.52 Å². The number of aryl methyl sites for hydroxylation is 1. The fourth-order valence-electron chi connectivity index (χ4n) is 4.08. The average molecular weight is 414 g/mol. The van der Waals surface area contributed by atoms with Crippen LogP contribution < -0.4 is 15.2 Å². The van der Waals surface area contributed by atoms with Crippen LogP contribution in [0.2, 0.25) is 0 Å². The highest BCUT2D eigenvalue weighted by molar-refractivity contribution is 5.94. The second-order valence-corrected chi connectivity index (χ2v) is 7.60. The van der Waals surface area contributed by atoms with Crippen LogP contribution in [0.1, 0.15) is 12.0 Å². The fourth-order valence-corrected chi connectivity index (χ4v) is 4.08. The Morgan fingerprint density at radius 3 is 2.71 bits per heavy atom. The van der Waals surface area contributed by atoms with Crippen molar-refractivity contribution in [3.63, 3.8) is 0 Å². The van der Waals surface area contributed by atoms with Crippen LogP contribution in [0.15, 0.2) is 71.8 Å². The molecule has 0 aliphatic carbocycles. The van der Waals surface area contributed by atoms with Gasteiger partial charge in [-0.3, -0.25) is 9.59 Å². The Labute approximate surface area is 179 Å². The molecule has 0 radical (unpaired) electrons. The number of benzene rings is 2. The van der Waals surface area contributed by atoms with E-state index < -0.39 is 0 Å². The first-order chi connectivity index (χ1) is 15.1. The zero-order valence-electron chi connectivity index (χ0n) is 17.2. The smallest absolute Gasteiger partial charge is 0.277 e. The standard InChI is InChI=1S/C24H22N4O3/c1-31-19-10-8-17(9-11-19)20-15-22-24(30)26(13-14-28(22)25-20)16-23(29)27-12-4-6-18-5-2-3-7-21(18)27/h2-3,5,7-11,13-15H,4,6,12,16H2,1H3. The summed E-state index contributed by atoms with van der Waals surface area (Å²) in [5.74, 6) is 0.668. The molecule has 0 N–H and O–H groups in total. The lowest BCUT2D eigenvalue weighted by Crippen LogP contribution is -2.39. The number of aromatic nitrogens is 3. The quantitative estimate of drug-likeness (QED) is 0.515. The van der Waals surface area contributed by atoms with Crippen LogP contribution in [0.25, 0.3) is 16.8 Å². The Morgan fingerprint density at radius 1 is 1.10 bits per heavy atom. The van der Waals surface area contributed by atoms with Crippen molar-refractivity contribution in [2.75, 3.05) is 18.6 Å². The maximum atomic E-state index is 13.0. The molecule has 1 amide bonds. The highest BCUT2D eigenvalue weighted by atomic mass is 16.5. The Hall–Kier alpha value is -3.87. The number of fused-ring (bicyclic) bond motifs is 2. The van der Waals surface area contributed by atoms with Crippen LogP contribution in [-0.2, 0) is 17.8 Å². The van der Waals surface area contributed by atoms with Crippen molar-refractivity contribution in [2.45, 2.75) is 19.4 Å². The highest BCUT2D eigenvalue weighted by Crippen LogP contribution is 2.27. The number of ether oxygens (including phenoxy) is 1. The molecule has 0 saturated heterocycles. The van der Waals surface area contributed by atoms with Crippen molar-refractivity contribution in [3.05, 3.63) is 82.9 Å². The number of methoxy groups -OCH3 is 1. The number of carbonyl (C=O) groups is 1. The van der Waals surface area contributed by atoms with Crippen molar-refractivity contribution in [1.29, 1.82) is 0 Å². The number of rotatable bonds is 4. The fraction of sp³-hybridized carbons (Fsp3) is 0.208. The third kappa shape index (κ3) is 3.48. The first kappa shape index (κ1) is 19.1. The summed E-state index contributed by atoms with van der Waals surface area (Å²) in [6, 6.07) is 17.2.